The molecule has 6 heteroatoms. The Hall–Kier alpha value is -2.60. The van der Waals surface area contributed by atoms with E-state index in [0.717, 1.165) is 10.5 Å². The van der Waals surface area contributed by atoms with Gasteiger partial charge in [0.2, 0.25) is 5.91 Å². The summed E-state index contributed by atoms with van der Waals surface area (Å²) in [6.45, 7) is 2.08. The Morgan fingerprint density at radius 3 is 2.44 bits per heavy atom. The molecule has 1 N–H and O–H groups in total. The molecular formula is C19H18FNO3S. The maximum absolute atomic E-state index is 12.8. The van der Waals surface area contributed by atoms with Gasteiger partial charge >= 0.3 is 5.97 Å². The molecule has 0 spiro atoms. The molecule has 130 valence electrons. The van der Waals surface area contributed by atoms with Crippen molar-refractivity contribution in [2.45, 2.75) is 11.8 Å². The van der Waals surface area contributed by atoms with Gasteiger partial charge in [0.1, 0.15) is 5.82 Å². The van der Waals surface area contributed by atoms with Gasteiger partial charge in [-0.1, -0.05) is 12.1 Å². The van der Waals surface area contributed by atoms with Crippen molar-refractivity contribution in [3.8, 4) is 0 Å². The molecule has 1 amide bonds. The molecule has 0 radical (unpaired) electrons. The molecule has 0 aliphatic rings. The normalized spacial score (nSPS) is 10.6. The van der Waals surface area contributed by atoms with E-state index < -0.39 is 5.97 Å². The highest BCUT2D eigenvalue weighted by atomic mass is 32.2. The average molecular weight is 359 g/mol. The molecule has 2 aromatic rings. The summed E-state index contributed by atoms with van der Waals surface area (Å²) in [5.41, 5.74) is 1.49. The van der Waals surface area contributed by atoms with Crippen LogP contribution in [0.4, 0.5) is 10.1 Å². The number of nitrogens with one attached hydrogen (secondary N) is 1. The van der Waals surface area contributed by atoms with Crippen molar-refractivity contribution < 1.29 is 18.7 Å². The number of rotatable bonds is 7. The van der Waals surface area contributed by atoms with Crippen molar-refractivity contribution in [3.05, 3.63) is 66.0 Å². The van der Waals surface area contributed by atoms with Crippen LogP contribution in [0.2, 0.25) is 0 Å². The lowest BCUT2D eigenvalue weighted by atomic mass is 10.2. The minimum Gasteiger partial charge on any atom is -0.463 e. The van der Waals surface area contributed by atoms with Gasteiger partial charge in [0, 0.05) is 16.7 Å². The minimum absolute atomic E-state index is 0.149. The van der Waals surface area contributed by atoms with Crippen molar-refractivity contribution in [1.82, 2.24) is 0 Å². The Morgan fingerprint density at radius 2 is 1.80 bits per heavy atom. The first-order valence-corrected chi connectivity index (χ1v) is 8.68. The molecule has 0 bridgehead atoms. The van der Waals surface area contributed by atoms with Gasteiger partial charge in [0.05, 0.1) is 12.4 Å². The second kappa shape index (κ2) is 9.64. The minimum atomic E-state index is -0.391. The third-order valence-electron chi connectivity index (χ3n) is 3.08. The second-order valence-electron chi connectivity index (χ2n) is 5.00. The van der Waals surface area contributed by atoms with Gasteiger partial charge in [-0.15, -0.1) is 11.8 Å². The number of halogens is 1. The molecule has 0 fully saturated rings. The largest absolute Gasteiger partial charge is 0.463 e. The summed E-state index contributed by atoms with van der Waals surface area (Å²) in [7, 11) is 0. The number of carbonyl (C=O) groups excluding carboxylic acids is 2. The lowest BCUT2D eigenvalue weighted by molar-refractivity contribution is -0.137. The summed E-state index contributed by atoms with van der Waals surface area (Å²) >= 11 is 1.33. The Labute approximate surface area is 150 Å². The van der Waals surface area contributed by atoms with Gasteiger partial charge in [-0.25, -0.2) is 9.18 Å². The van der Waals surface area contributed by atoms with E-state index in [4.69, 9.17) is 4.74 Å². The SMILES string of the molecule is CCOC(=O)/C=C/c1ccc(NC(=O)CSc2ccc(F)cc2)cc1. The second-order valence-corrected chi connectivity index (χ2v) is 6.05. The third-order valence-corrected chi connectivity index (χ3v) is 4.09. The van der Waals surface area contributed by atoms with E-state index in [1.807, 2.05) is 0 Å². The fourth-order valence-corrected chi connectivity index (χ4v) is 2.61. The zero-order chi connectivity index (χ0) is 18.1. The highest BCUT2D eigenvalue weighted by Crippen LogP contribution is 2.18. The summed E-state index contributed by atoms with van der Waals surface area (Å²) in [5.74, 6) is -0.608. The maximum Gasteiger partial charge on any atom is 0.330 e. The Kier molecular flexibility index (Phi) is 7.22. The Balaban J connectivity index is 1.82. The van der Waals surface area contributed by atoms with Crippen molar-refractivity contribution >= 4 is 35.4 Å². The fourth-order valence-electron chi connectivity index (χ4n) is 1.91. The van der Waals surface area contributed by atoms with Gasteiger partial charge in [-0.05, 0) is 55.0 Å². The van der Waals surface area contributed by atoms with Crippen molar-refractivity contribution in [3.63, 3.8) is 0 Å². The van der Waals surface area contributed by atoms with E-state index in [2.05, 4.69) is 5.32 Å². The number of carbonyl (C=O) groups is 2. The molecule has 2 aromatic carbocycles. The number of ether oxygens (including phenoxy) is 1. The lowest BCUT2D eigenvalue weighted by Gasteiger charge is -2.06. The van der Waals surface area contributed by atoms with E-state index in [9.17, 15) is 14.0 Å². The highest BCUT2D eigenvalue weighted by molar-refractivity contribution is 8.00. The van der Waals surface area contributed by atoms with Crippen LogP contribution in [0.1, 0.15) is 12.5 Å². The lowest BCUT2D eigenvalue weighted by Crippen LogP contribution is -2.13. The van der Waals surface area contributed by atoms with Crippen molar-refractivity contribution in [2.75, 3.05) is 17.7 Å². The zero-order valence-electron chi connectivity index (χ0n) is 13.7. The summed E-state index contributed by atoms with van der Waals surface area (Å²) in [5, 5.41) is 2.79. The Bertz CT molecular complexity index is 742. The van der Waals surface area contributed by atoms with Gasteiger partial charge in [-0.3, -0.25) is 4.79 Å². The monoisotopic (exact) mass is 359 g/mol. The van der Waals surface area contributed by atoms with Crippen LogP contribution in [0, 0.1) is 5.82 Å². The fraction of sp³-hybridized carbons (Fsp3) is 0.158. The van der Waals surface area contributed by atoms with Crippen LogP contribution < -0.4 is 5.32 Å². The van der Waals surface area contributed by atoms with Gasteiger partial charge < -0.3 is 10.1 Å². The molecule has 0 aliphatic heterocycles. The van der Waals surface area contributed by atoms with Crippen LogP contribution in [0.25, 0.3) is 6.08 Å². The van der Waals surface area contributed by atoms with Crippen LogP contribution >= 0.6 is 11.8 Å². The number of hydrogen-bond donors (Lipinski definition) is 1. The van der Waals surface area contributed by atoms with E-state index in [1.165, 1.54) is 30.0 Å². The molecule has 0 heterocycles. The summed E-state index contributed by atoms with van der Waals surface area (Å²) in [6, 6.07) is 13.1. The first kappa shape index (κ1) is 18.7. The van der Waals surface area contributed by atoms with Crippen LogP contribution in [-0.2, 0) is 14.3 Å². The molecule has 0 aromatic heterocycles. The molecule has 4 nitrogen and oxygen atoms in total. The average Bonchev–Trinajstić information content (AvgIpc) is 2.61. The quantitative estimate of drug-likeness (QED) is 0.459. The molecule has 25 heavy (non-hydrogen) atoms. The standard InChI is InChI=1S/C19H18FNO3S/c1-2-24-19(23)12-5-14-3-8-16(9-4-14)21-18(22)13-25-17-10-6-15(20)7-11-17/h3-12H,2,13H2,1H3,(H,21,22)/b12-5+. The van der Waals surface area contributed by atoms with Crippen LogP contribution in [0.15, 0.2) is 59.5 Å². The number of thioether (sulfide) groups is 1. The predicted molar refractivity (Wildman–Crippen MR) is 97.9 cm³/mol. The number of benzene rings is 2. The Morgan fingerprint density at radius 1 is 1.12 bits per heavy atom. The highest BCUT2D eigenvalue weighted by Gasteiger charge is 2.04. The molecule has 0 unspecified atom stereocenters. The molecular weight excluding hydrogens is 341 g/mol. The number of amides is 1. The summed E-state index contributed by atoms with van der Waals surface area (Å²) in [6.07, 6.45) is 3.00. The summed E-state index contributed by atoms with van der Waals surface area (Å²) in [4.78, 5) is 24.0. The van der Waals surface area contributed by atoms with Gasteiger partial charge in [0.15, 0.2) is 0 Å². The topological polar surface area (TPSA) is 55.4 Å². The van der Waals surface area contributed by atoms with E-state index in [1.54, 1.807) is 49.4 Å². The van der Waals surface area contributed by atoms with Crippen LogP contribution in [-0.4, -0.2) is 24.2 Å². The first-order chi connectivity index (χ1) is 12.1. The number of hydrogen-bond acceptors (Lipinski definition) is 4. The van der Waals surface area contributed by atoms with Gasteiger partial charge in [0.25, 0.3) is 0 Å². The smallest absolute Gasteiger partial charge is 0.330 e. The molecule has 0 saturated heterocycles. The van der Waals surface area contributed by atoms with Crippen LogP contribution in [0.3, 0.4) is 0 Å². The molecule has 0 saturated carbocycles. The maximum atomic E-state index is 12.8. The number of anilines is 1. The third kappa shape index (κ3) is 6.81. The molecule has 0 aliphatic carbocycles. The van der Waals surface area contributed by atoms with Crippen molar-refractivity contribution in [2.24, 2.45) is 0 Å². The van der Waals surface area contributed by atoms with E-state index >= 15 is 0 Å². The molecule has 0 atom stereocenters. The van der Waals surface area contributed by atoms with Crippen LogP contribution in [0.5, 0.6) is 0 Å². The van der Waals surface area contributed by atoms with E-state index in [0.29, 0.717) is 12.3 Å². The van der Waals surface area contributed by atoms with Gasteiger partial charge in [-0.2, -0.15) is 0 Å². The summed E-state index contributed by atoms with van der Waals surface area (Å²) < 4.78 is 17.6. The molecule has 2 rings (SSSR count). The zero-order valence-corrected chi connectivity index (χ0v) is 14.5. The number of esters is 1. The first-order valence-electron chi connectivity index (χ1n) is 7.70. The van der Waals surface area contributed by atoms with E-state index in [-0.39, 0.29) is 17.5 Å². The predicted octanol–water partition coefficient (Wildman–Crippen LogP) is 4.13. The van der Waals surface area contributed by atoms with Crippen molar-refractivity contribution in [1.29, 1.82) is 0 Å².